The highest BCUT2D eigenvalue weighted by Crippen LogP contribution is 2.35. The van der Waals surface area contributed by atoms with E-state index in [1.54, 1.807) is 6.07 Å². The second-order valence-corrected chi connectivity index (χ2v) is 4.61. The molecule has 0 radical (unpaired) electrons. The molecule has 1 amide bonds. The lowest BCUT2D eigenvalue weighted by Crippen LogP contribution is -2.15. The molecule has 2 rings (SSSR count). The zero-order valence-corrected chi connectivity index (χ0v) is 9.05. The summed E-state index contributed by atoms with van der Waals surface area (Å²) in [7, 11) is 0. The van der Waals surface area contributed by atoms with Crippen molar-refractivity contribution in [3.05, 3.63) is 21.4 Å². The Bertz CT molecular complexity index is 375. The molecule has 1 unspecified atom stereocenters. The Labute approximate surface area is 91.7 Å². The smallest absolute Gasteiger partial charge is 0.258 e. The number of carbonyl (C=O) groups is 1. The van der Waals surface area contributed by atoms with Gasteiger partial charge in [-0.2, -0.15) is 0 Å². The van der Waals surface area contributed by atoms with Gasteiger partial charge in [0, 0.05) is 24.3 Å². The van der Waals surface area contributed by atoms with Gasteiger partial charge in [-0.3, -0.25) is 4.79 Å². The molecule has 1 aliphatic rings. The molecule has 0 saturated heterocycles. The third-order valence-corrected chi connectivity index (χ3v) is 3.70. The first-order chi connectivity index (χ1) is 7.22. The molecule has 15 heavy (non-hydrogen) atoms. The number of hydrogen-bond donors (Lipinski definition) is 2. The fraction of sp³-hybridized carbons (Fsp3) is 0.500. The first kappa shape index (κ1) is 10.6. The quantitative estimate of drug-likeness (QED) is 0.803. The second-order valence-electron chi connectivity index (χ2n) is 3.48. The number of aliphatic hydroxyl groups excluding tert-OH is 1. The summed E-state index contributed by atoms with van der Waals surface area (Å²) in [4.78, 5) is 12.8. The van der Waals surface area contributed by atoms with Gasteiger partial charge < -0.3 is 15.6 Å². The SMILES string of the molecule is NC(=O)c1cc2c(s1)CCOC2CCO. The average molecular weight is 227 g/mol. The summed E-state index contributed by atoms with van der Waals surface area (Å²) in [6.07, 6.45) is 1.32. The van der Waals surface area contributed by atoms with Gasteiger partial charge in [-0.05, 0) is 11.6 Å². The molecule has 0 spiro atoms. The molecular weight excluding hydrogens is 214 g/mol. The van der Waals surface area contributed by atoms with Gasteiger partial charge in [-0.25, -0.2) is 0 Å². The summed E-state index contributed by atoms with van der Waals surface area (Å²) in [5, 5.41) is 8.89. The molecule has 1 atom stereocenters. The first-order valence-corrected chi connectivity index (χ1v) is 5.69. The third-order valence-electron chi connectivity index (χ3n) is 2.47. The fourth-order valence-electron chi connectivity index (χ4n) is 1.77. The predicted octanol–water partition coefficient (Wildman–Crippen LogP) is 0.843. The molecule has 82 valence electrons. The van der Waals surface area contributed by atoms with Crippen molar-refractivity contribution < 1.29 is 14.6 Å². The number of rotatable bonds is 3. The number of thiophene rings is 1. The van der Waals surface area contributed by atoms with E-state index >= 15 is 0 Å². The van der Waals surface area contributed by atoms with Crippen molar-refractivity contribution in [3.63, 3.8) is 0 Å². The minimum absolute atomic E-state index is 0.0805. The van der Waals surface area contributed by atoms with Gasteiger partial charge in [0.15, 0.2) is 0 Å². The largest absolute Gasteiger partial charge is 0.396 e. The van der Waals surface area contributed by atoms with Crippen LogP contribution in [-0.4, -0.2) is 24.2 Å². The van der Waals surface area contributed by atoms with Gasteiger partial charge in [0.2, 0.25) is 0 Å². The number of primary amides is 1. The Morgan fingerprint density at radius 1 is 1.73 bits per heavy atom. The molecule has 4 nitrogen and oxygen atoms in total. The van der Waals surface area contributed by atoms with Crippen molar-refractivity contribution in [1.82, 2.24) is 0 Å². The number of aliphatic hydroxyl groups is 1. The van der Waals surface area contributed by atoms with Crippen molar-refractivity contribution in [1.29, 1.82) is 0 Å². The monoisotopic (exact) mass is 227 g/mol. The topological polar surface area (TPSA) is 72.6 Å². The maximum Gasteiger partial charge on any atom is 0.258 e. The van der Waals surface area contributed by atoms with Gasteiger partial charge in [0.05, 0.1) is 17.6 Å². The summed E-state index contributed by atoms with van der Waals surface area (Å²) < 4.78 is 5.53. The minimum Gasteiger partial charge on any atom is -0.396 e. The van der Waals surface area contributed by atoms with E-state index in [-0.39, 0.29) is 12.7 Å². The molecule has 3 N–H and O–H groups in total. The zero-order chi connectivity index (χ0) is 10.8. The lowest BCUT2D eigenvalue weighted by molar-refractivity contribution is 0.0265. The number of ether oxygens (including phenoxy) is 1. The van der Waals surface area contributed by atoms with Crippen LogP contribution in [0.15, 0.2) is 6.07 Å². The highest BCUT2D eigenvalue weighted by Gasteiger charge is 2.24. The Morgan fingerprint density at radius 3 is 3.20 bits per heavy atom. The lowest BCUT2D eigenvalue weighted by Gasteiger charge is -2.22. The van der Waals surface area contributed by atoms with Crippen LogP contribution in [0.2, 0.25) is 0 Å². The number of fused-ring (bicyclic) bond motifs is 1. The standard InChI is InChI=1S/C10H13NO3S/c11-10(13)9-5-6-7(1-3-12)14-4-2-8(6)15-9/h5,7,12H,1-4H2,(H2,11,13). The number of amides is 1. The molecule has 0 aliphatic carbocycles. The normalized spacial score (nSPS) is 19.9. The summed E-state index contributed by atoms with van der Waals surface area (Å²) in [6, 6.07) is 1.79. The number of carbonyl (C=O) groups excluding carboxylic acids is 1. The van der Waals surface area contributed by atoms with Crippen LogP contribution in [0.25, 0.3) is 0 Å². The Balaban J connectivity index is 2.30. The van der Waals surface area contributed by atoms with Gasteiger partial charge >= 0.3 is 0 Å². The summed E-state index contributed by atoms with van der Waals surface area (Å²) >= 11 is 1.44. The summed E-state index contributed by atoms with van der Waals surface area (Å²) in [6.45, 7) is 0.738. The molecule has 5 heteroatoms. The Morgan fingerprint density at radius 2 is 2.53 bits per heavy atom. The molecule has 1 aromatic heterocycles. The van der Waals surface area contributed by atoms with Crippen LogP contribution in [0.3, 0.4) is 0 Å². The van der Waals surface area contributed by atoms with Crippen molar-refractivity contribution in [2.75, 3.05) is 13.2 Å². The lowest BCUT2D eigenvalue weighted by atomic mass is 10.0. The highest BCUT2D eigenvalue weighted by molar-refractivity contribution is 7.14. The van der Waals surface area contributed by atoms with Crippen LogP contribution in [0.5, 0.6) is 0 Å². The maximum absolute atomic E-state index is 11.0. The molecule has 0 saturated carbocycles. The van der Waals surface area contributed by atoms with Crippen LogP contribution in [0, 0.1) is 0 Å². The van der Waals surface area contributed by atoms with Gasteiger partial charge in [-0.15, -0.1) is 11.3 Å². The van der Waals surface area contributed by atoms with Crippen molar-refractivity contribution in [2.45, 2.75) is 18.9 Å². The molecule has 0 bridgehead atoms. The molecule has 0 aromatic carbocycles. The van der Waals surface area contributed by atoms with Gasteiger partial charge in [-0.1, -0.05) is 0 Å². The van der Waals surface area contributed by atoms with E-state index in [1.165, 1.54) is 11.3 Å². The van der Waals surface area contributed by atoms with E-state index in [4.69, 9.17) is 15.6 Å². The van der Waals surface area contributed by atoms with Crippen LogP contribution in [0.1, 0.15) is 32.6 Å². The molecule has 1 aliphatic heterocycles. The van der Waals surface area contributed by atoms with Gasteiger partial charge in [0.25, 0.3) is 5.91 Å². The average Bonchev–Trinajstić information content (AvgIpc) is 2.63. The third kappa shape index (κ3) is 2.04. The summed E-state index contributed by atoms with van der Waals surface area (Å²) in [5.41, 5.74) is 6.25. The first-order valence-electron chi connectivity index (χ1n) is 4.87. The number of hydrogen-bond acceptors (Lipinski definition) is 4. The van der Waals surface area contributed by atoms with Crippen LogP contribution < -0.4 is 5.73 Å². The summed E-state index contributed by atoms with van der Waals surface area (Å²) in [5.74, 6) is -0.392. The zero-order valence-electron chi connectivity index (χ0n) is 8.23. The van der Waals surface area contributed by atoms with E-state index in [2.05, 4.69) is 0 Å². The molecule has 0 fully saturated rings. The van der Waals surface area contributed by atoms with E-state index in [1.807, 2.05) is 0 Å². The van der Waals surface area contributed by atoms with Crippen LogP contribution in [-0.2, 0) is 11.2 Å². The van der Waals surface area contributed by atoms with Crippen molar-refractivity contribution in [2.24, 2.45) is 5.73 Å². The van der Waals surface area contributed by atoms with Crippen LogP contribution in [0.4, 0.5) is 0 Å². The fourth-order valence-corrected chi connectivity index (χ4v) is 2.82. The maximum atomic E-state index is 11.0. The second kappa shape index (κ2) is 4.30. The van der Waals surface area contributed by atoms with Crippen molar-refractivity contribution in [3.8, 4) is 0 Å². The Kier molecular flexibility index (Phi) is 3.04. The number of nitrogens with two attached hydrogens (primary N) is 1. The molecule has 1 aromatic rings. The van der Waals surface area contributed by atoms with E-state index in [9.17, 15) is 4.79 Å². The van der Waals surface area contributed by atoms with E-state index in [0.717, 1.165) is 16.9 Å². The van der Waals surface area contributed by atoms with Crippen LogP contribution >= 0.6 is 11.3 Å². The minimum atomic E-state index is -0.392. The highest BCUT2D eigenvalue weighted by atomic mass is 32.1. The molecule has 2 heterocycles. The van der Waals surface area contributed by atoms with Crippen molar-refractivity contribution >= 4 is 17.2 Å². The Hall–Kier alpha value is -0.910. The van der Waals surface area contributed by atoms with Gasteiger partial charge in [0.1, 0.15) is 0 Å². The molecular formula is C10H13NO3S. The predicted molar refractivity (Wildman–Crippen MR) is 56.9 cm³/mol. The van der Waals surface area contributed by atoms with E-state index < -0.39 is 5.91 Å². The van der Waals surface area contributed by atoms with E-state index in [0.29, 0.717) is 17.9 Å².